The molecule has 0 N–H and O–H groups in total. The molecule has 174 valence electrons. The standard InChI is InChI=1S/C31H32O3/c1-23(2)25-17-19-28(20-18-25)34-24(3)32-21-22-33-31-29(26-11-6-4-7-12-26)15-10-16-30(31)27-13-8-5-9-14-27/h4-20,23-24H,21-22H2,1-3H3. The molecule has 0 saturated heterocycles. The van der Waals surface area contributed by atoms with Gasteiger partial charge in [-0.1, -0.05) is 105 Å². The SMILES string of the molecule is CC(OCCOc1c(-c2ccccc2)cccc1-c1ccccc1)Oc1ccc(C(C)C)cc1. The lowest BCUT2D eigenvalue weighted by molar-refractivity contribution is -0.0738. The van der Waals surface area contributed by atoms with E-state index in [4.69, 9.17) is 14.2 Å². The van der Waals surface area contributed by atoms with Gasteiger partial charge in [-0.25, -0.2) is 0 Å². The van der Waals surface area contributed by atoms with Crippen molar-refractivity contribution >= 4 is 0 Å². The second-order valence-electron chi connectivity index (χ2n) is 8.54. The molecule has 0 aromatic heterocycles. The molecule has 0 aliphatic rings. The summed E-state index contributed by atoms with van der Waals surface area (Å²) in [6.07, 6.45) is -0.369. The largest absolute Gasteiger partial charge is 0.490 e. The van der Waals surface area contributed by atoms with Crippen molar-refractivity contribution in [3.05, 3.63) is 109 Å². The zero-order valence-electron chi connectivity index (χ0n) is 20.1. The van der Waals surface area contributed by atoms with Gasteiger partial charge >= 0.3 is 0 Å². The van der Waals surface area contributed by atoms with Crippen LogP contribution < -0.4 is 9.47 Å². The fourth-order valence-corrected chi connectivity index (χ4v) is 3.90. The molecule has 0 amide bonds. The van der Waals surface area contributed by atoms with Crippen LogP contribution in [0.3, 0.4) is 0 Å². The number of para-hydroxylation sites is 1. The van der Waals surface area contributed by atoms with Crippen LogP contribution in [0.5, 0.6) is 11.5 Å². The second-order valence-corrected chi connectivity index (χ2v) is 8.54. The highest BCUT2D eigenvalue weighted by molar-refractivity contribution is 5.82. The third kappa shape index (κ3) is 6.06. The van der Waals surface area contributed by atoms with Crippen LogP contribution in [-0.2, 0) is 4.74 Å². The van der Waals surface area contributed by atoms with E-state index in [0.717, 1.165) is 33.8 Å². The first-order valence-corrected chi connectivity index (χ1v) is 11.9. The minimum Gasteiger partial charge on any atom is -0.490 e. The average Bonchev–Trinajstić information content (AvgIpc) is 2.88. The van der Waals surface area contributed by atoms with Crippen LogP contribution in [0, 0.1) is 0 Å². The summed E-state index contributed by atoms with van der Waals surface area (Å²) in [7, 11) is 0. The molecule has 1 atom stereocenters. The lowest BCUT2D eigenvalue weighted by Crippen LogP contribution is -2.20. The summed E-state index contributed by atoms with van der Waals surface area (Å²) in [6, 6.07) is 35.1. The molecule has 4 rings (SSSR count). The highest BCUT2D eigenvalue weighted by atomic mass is 16.7. The molecule has 0 aliphatic heterocycles. The van der Waals surface area contributed by atoms with Crippen molar-refractivity contribution in [1.82, 2.24) is 0 Å². The van der Waals surface area contributed by atoms with E-state index in [1.165, 1.54) is 5.56 Å². The Morgan fingerprint density at radius 2 is 1.15 bits per heavy atom. The van der Waals surface area contributed by atoms with Crippen LogP contribution in [0.4, 0.5) is 0 Å². The van der Waals surface area contributed by atoms with Gasteiger partial charge in [-0.2, -0.15) is 0 Å². The van der Waals surface area contributed by atoms with Crippen LogP contribution in [-0.4, -0.2) is 19.5 Å². The quantitative estimate of drug-likeness (QED) is 0.180. The summed E-state index contributed by atoms with van der Waals surface area (Å²) in [5.41, 5.74) is 5.67. The number of ether oxygens (including phenoxy) is 3. The van der Waals surface area contributed by atoms with Crippen molar-refractivity contribution in [3.63, 3.8) is 0 Å². The topological polar surface area (TPSA) is 27.7 Å². The summed E-state index contributed by atoms with van der Waals surface area (Å²) in [4.78, 5) is 0. The molecule has 4 aromatic carbocycles. The molecule has 0 aliphatic carbocycles. The molecule has 0 saturated carbocycles. The molecular weight excluding hydrogens is 420 g/mol. The Hall–Kier alpha value is -3.56. The summed E-state index contributed by atoms with van der Waals surface area (Å²) >= 11 is 0. The van der Waals surface area contributed by atoms with Crippen molar-refractivity contribution in [1.29, 1.82) is 0 Å². The van der Waals surface area contributed by atoms with Gasteiger partial charge in [-0.05, 0) is 41.7 Å². The highest BCUT2D eigenvalue weighted by Crippen LogP contribution is 2.39. The normalized spacial score (nSPS) is 11.9. The van der Waals surface area contributed by atoms with Crippen molar-refractivity contribution in [3.8, 4) is 33.8 Å². The van der Waals surface area contributed by atoms with E-state index in [1.54, 1.807) is 0 Å². The van der Waals surface area contributed by atoms with Gasteiger partial charge in [0.15, 0.2) is 6.29 Å². The minimum absolute atomic E-state index is 0.369. The molecule has 1 unspecified atom stereocenters. The fourth-order valence-electron chi connectivity index (χ4n) is 3.90. The Morgan fingerprint density at radius 3 is 1.68 bits per heavy atom. The van der Waals surface area contributed by atoms with Crippen LogP contribution in [0.25, 0.3) is 22.3 Å². The van der Waals surface area contributed by atoms with Crippen molar-refractivity contribution in [2.24, 2.45) is 0 Å². The highest BCUT2D eigenvalue weighted by Gasteiger charge is 2.14. The van der Waals surface area contributed by atoms with Gasteiger partial charge in [-0.15, -0.1) is 0 Å². The number of hydrogen-bond acceptors (Lipinski definition) is 3. The maximum atomic E-state index is 6.34. The molecule has 3 nitrogen and oxygen atoms in total. The van der Waals surface area contributed by atoms with E-state index < -0.39 is 0 Å². The van der Waals surface area contributed by atoms with E-state index >= 15 is 0 Å². The van der Waals surface area contributed by atoms with E-state index in [1.807, 2.05) is 55.5 Å². The third-order valence-electron chi connectivity index (χ3n) is 5.72. The Morgan fingerprint density at radius 1 is 0.588 bits per heavy atom. The van der Waals surface area contributed by atoms with Crippen LogP contribution in [0.1, 0.15) is 32.3 Å². The molecule has 0 fully saturated rings. The van der Waals surface area contributed by atoms with Gasteiger partial charge in [0.05, 0.1) is 6.61 Å². The van der Waals surface area contributed by atoms with E-state index in [2.05, 4.69) is 68.4 Å². The number of hydrogen-bond donors (Lipinski definition) is 0. The van der Waals surface area contributed by atoms with Crippen molar-refractivity contribution in [2.75, 3.05) is 13.2 Å². The van der Waals surface area contributed by atoms with Gasteiger partial charge in [0.25, 0.3) is 0 Å². The third-order valence-corrected chi connectivity index (χ3v) is 5.72. The smallest absolute Gasteiger partial charge is 0.197 e. The summed E-state index contributed by atoms with van der Waals surface area (Å²) < 4.78 is 18.1. The monoisotopic (exact) mass is 452 g/mol. The Balaban J connectivity index is 1.42. The fraction of sp³-hybridized carbons (Fsp3) is 0.226. The lowest BCUT2D eigenvalue weighted by atomic mass is 9.97. The lowest BCUT2D eigenvalue weighted by Gasteiger charge is -2.19. The molecular formula is C31H32O3. The van der Waals surface area contributed by atoms with E-state index in [9.17, 15) is 0 Å². The zero-order valence-corrected chi connectivity index (χ0v) is 20.1. The van der Waals surface area contributed by atoms with Crippen molar-refractivity contribution in [2.45, 2.75) is 33.0 Å². The number of benzene rings is 4. The molecule has 0 radical (unpaired) electrons. The zero-order chi connectivity index (χ0) is 23.8. The summed E-state index contributed by atoms with van der Waals surface area (Å²) in [6.45, 7) is 7.11. The number of rotatable bonds is 10. The van der Waals surface area contributed by atoms with E-state index in [0.29, 0.717) is 19.1 Å². The Labute approximate surface area is 202 Å². The van der Waals surface area contributed by atoms with Gasteiger partial charge in [0.1, 0.15) is 18.1 Å². The maximum Gasteiger partial charge on any atom is 0.197 e. The minimum atomic E-state index is -0.369. The van der Waals surface area contributed by atoms with Crippen LogP contribution in [0.2, 0.25) is 0 Å². The first kappa shape index (κ1) is 23.6. The summed E-state index contributed by atoms with van der Waals surface area (Å²) in [5, 5.41) is 0. The molecule has 0 heterocycles. The average molecular weight is 453 g/mol. The van der Waals surface area contributed by atoms with E-state index in [-0.39, 0.29) is 6.29 Å². The molecule has 0 spiro atoms. The molecule has 34 heavy (non-hydrogen) atoms. The molecule has 0 bridgehead atoms. The first-order chi connectivity index (χ1) is 16.6. The predicted octanol–water partition coefficient (Wildman–Crippen LogP) is 7.96. The van der Waals surface area contributed by atoms with Gasteiger partial charge in [0.2, 0.25) is 0 Å². The van der Waals surface area contributed by atoms with Crippen molar-refractivity contribution < 1.29 is 14.2 Å². The molecule has 3 heteroatoms. The first-order valence-electron chi connectivity index (χ1n) is 11.9. The Bertz CT molecular complexity index is 1090. The van der Waals surface area contributed by atoms with Crippen LogP contribution >= 0.6 is 0 Å². The van der Waals surface area contributed by atoms with Crippen LogP contribution in [0.15, 0.2) is 103 Å². The second kappa shape index (κ2) is 11.5. The predicted molar refractivity (Wildman–Crippen MR) is 139 cm³/mol. The van der Waals surface area contributed by atoms with Gasteiger partial charge in [-0.3, -0.25) is 0 Å². The maximum absolute atomic E-state index is 6.34. The summed E-state index contributed by atoms with van der Waals surface area (Å²) in [5.74, 6) is 2.17. The Kier molecular flexibility index (Phi) is 8.00. The molecule has 4 aromatic rings. The van der Waals surface area contributed by atoms with Gasteiger partial charge < -0.3 is 14.2 Å². The van der Waals surface area contributed by atoms with Gasteiger partial charge in [0, 0.05) is 11.1 Å².